The minimum atomic E-state index is -0.193. The Bertz CT molecular complexity index is 568. The van der Waals surface area contributed by atoms with E-state index in [1.165, 1.54) is 11.8 Å². The second-order valence-electron chi connectivity index (χ2n) is 4.11. The molecule has 1 N–H and O–H groups in total. The molecule has 1 heterocycles. The third-order valence-corrected chi connectivity index (χ3v) is 3.83. The molecule has 1 atom stereocenters. The topological polar surface area (TPSA) is 46.9 Å². The molecule has 0 spiro atoms. The molecule has 100 valence electrons. The molecular formula is C13H14ClN3OS. The number of rotatable bonds is 4. The Balaban J connectivity index is 1.94. The summed E-state index contributed by atoms with van der Waals surface area (Å²) in [5.41, 5.74) is 0.705. The van der Waals surface area contributed by atoms with Crippen molar-refractivity contribution >= 4 is 35.0 Å². The summed E-state index contributed by atoms with van der Waals surface area (Å²) in [6, 6.07) is 7.44. The summed E-state index contributed by atoms with van der Waals surface area (Å²) in [6.07, 6.45) is 3.38. The van der Waals surface area contributed by atoms with E-state index in [9.17, 15) is 4.79 Å². The van der Waals surface area contributed by atoms with E-state index in [4.69, 9.17) is 11.6 Å². The van der Waals surface area contributed by atoms with Gasteiger partial charge in [0.1, 0.15) is 0 Å². The second kappa shape index (κ2) is 6.12. The van der Waals surface area contributed by atoms with Gasteiger partial charge in [0.2, 0.25) is 5.91 Å². The highest BCUT2D eigenvalue weighted by molar-refractivity contribution is 8.00. The number of anilines is 1. The molecule has 19 heavy (non-hydrogen) atoms. The fourth-order valence-electron chi connectivity index (χ4n) is 1.50. The van der Waals surface area contributed by atoms with Crippen LogP contribution in [0.5, 0.6) is 0 Å². The van der Waals surface area contributed by atoms with Crippen molar-refractivity contribution in [3.8, 4) is 0 Å². The third-order valence-electron chi connectivity index (χ3n) is 2.47. The van der Waals surface area contributed by atoms with Crippen LogP contribution in [-0.4, -0.2) is 20.9 Å². The summed E-state index contributed by atoms with van der Waals surface area (Å²) >= 11 is 7.31. The summed E-state index contributed by atoms with van der Waals surface area (Å²) in [4.78, 5) is 13.0. The fourth-order valence-corrected chi connectivity index (χ4v) is 2.49. The smallest absolute Gasteiger partial charge is 0.237 e. The second-order valence-corrected chi connectivity index (χ2v) is 5.96. The normalized spacial score (nSPS) is 12.2. The molecule has 6 heteroatoms. The first-order valence-electron chi connectivity index (χ1n) is 5.76. The average Bonchev–Trinajstić information content (AvgIpc) is 2.77. The van der Waals surface area contributed by atoms with E-state index in [1.807, 2.05) is 38.2 Å². The molecule has 0 fully saturated rings. The minimum Gasteiger partial charge on any atom is -0.322 e. The Morgan fingerprint density at radius 1 is 1.42 bits per heavy atom. The van der Waals surface area contributed by atoms with Crippen LogP contribution in [-0.2, 0) is 11.8 Å². The number of hydrogen-bond acceptors (Lipinski definition) is 3. The van der Waals surface area contributed by atoms with Gasteiger partial charge in [-0.05, 0) is 31.2 Å². The fraction of sp³-hybridized carbons (Fsp3) is 0.231. The molecule has 0 saturated heterocycles. The lowest BCUT2D eigenvalue weighted by atomic mass is 10.4. The van der Waals surface area contributed by atoms with Crippen molar-refractivity contribution in [1.29, 1.82) is 0 Å². The molecule has 0 aliphatic heterocycles. The monoisotopic (exact) mass is 295 g/mol. The van der Waals surface area contributed by atoms with Crippen molar-refractivity contribution in [2.75, 3.05) is 5.32 Å². The molecule has 2 rings (SSSR count). The number of benzene rings is 1. The van der Waals surface area contributed by atoms with Crippen molar-refractivity contribution in [2.45, 2.75) is 17.1 Å². The van der Waals surface area contributed by atoms with Gasteiger partial charge in [-0.2, -0.15) is 5.10 Å². The molecule has 1 aromatic heterocycles. The molecular weight excluding hydrogens is 282 g/mol. The molecule has 0 aliphatic rings. The van der Waals surface area contributed by atoms with Gasteiger partial charge in [-0.25, -0.2) is 0 Å². The Morgan fingerprint density at radius 3 is 2.68 bits per heavy atom. The predicted molar refractivity (Wildman–Crippen MR) is 78.6 cm³/mol. The van der Waals surface area contributed by atoms with Gasteiger partial charge in [0.05, 0.1) is 17.1 Å². The number of nitrogens with one attached hydrogen (secondary N) is 1. The molecule has 1 aromatic carbocycles. The largest absolute Gasteiger partial charge is 0.322 e. The summed E-state index contributed by atoms with van der Waals surface area (Å²) in [7, 11) is 1.81. The van der Waals surface area contributed by atoms with Crippen molar-refractivity contribution in [3.63, 3.8) is 0 Å². The molecule has 0 radical (unpaired) electrons. The predicted octanol–water partition coefficient (Wildman–Crippen LogP) is 3.19. The summed E-state index contributed by atoms with van der Waals surface area (Å²) in [5.74, 6) is -0.0482. The molecule has 0 aliphatic carbocycles. The number of halogens is 1. The molecule has 0 bridgehead atoms. The average molecular weight is 296 g/mol. The van der Waals surface area contributed by atoms with Crippen molar-refractivity contribution in [2.24, 2.45) is 7.05 Å². The molecule has 1 amide bonds. The lowest BCUT2D eigenvalue weighted by Gasteiger charge is -2.10. The molecule has 2 aromatic rings. The summed E-state index contributed by atoms with van der Waals surface area (Å²) in [5, 5.41) is 7.33. The molecule has 0 saturated carbocycles. The Kier molecular flexibility index (Phi) is 4.50. The number of carbonyl (C=O) groups is 1. The lowest BCUT2D eigenvalue weighted by molar-refractivity contribution is -0.115. The zero-order valence-electron chi connectivity index (χ0n) is 10.6. The maximum atomic E-state index is 12.0. The van der Waals surface area contributed by atoms with Crippen LogP contribution >= 0.6 is 23.4 Å². The van der Waals surface area contributed by atoms with Gasteiger partial charge in [-0.15, -0.1) is 11.8 Å². The first-order valence-corrected chi connectivity index (χ1v) is 7.02. The van der Waals surface area contributed by atoms with Crippen molar-refractivity contribution < 1.29 is 4.79 Å². The minimum absolute atomic E-state index is 0.0482. The number of aryl methyl sites for hydroxylation is 1. The van der Waals surface area contributed by atoms with Crippen molar-refractivity contribution in [3.05, 3.63) is 41.7 Å². The van der Waals surface area contributed by atoms with Gasteiger partial charge < -0.3 is 5.32 Å². The van der Waals surface area contributed by atoms with E-state index < -0.39 is 0 Å². The quantitative estimate of drug-likeness (QED) is 0.881. The van der Waals surface area contributed by atoms with E-state index in [2.05, 4.69) is 10.4 Å². The van der Waals surface area contributed by atoms with Crippen LogP contribution in [0.2, 0.25) is 5.02 Å². The first kappa shape index (κ1) is 14.0. The van der Waals surface area contributed by atoms with Gasteiger partial charge in [0.25, 0.3) is 0 Å². The zero-order valence-corrected chi connectivity index (χ0v) is 12.2. The Hall–Kier alpha value is -1.46. The third kappa shape index (κ3) is 4.01. The number of aromatic nitrogens is 2. The lowest BCUT2D eigenvalue weighted by Crippen LogP contribution is -2.22. The first-order chi connectivity index (χ1) is 9.04. The highest BCUT2D eigenvalue weighted by atomic mass is 35.5. The molecule has 4 nitrogen and oxygen atoms in total. The summed E-state index contributed by atoms with van der Waals surface area (Å²) < 4.78 is 1.65. The van der Waals surface area contributed by atoms with Crippen LogP contribution < -0.4 is 5.32 Å². The van der Waals surface area contributed by atoms with Crippen molar-refractivity contribution in [1.82, 2.24) is 9.78 Å². The zero-order chi connectivity index (χ0) is 13.8. The highest BCUT2D eigenvalue weighted by Gasteiger charge is 2.15. The van der Waals surface area contributed by atoms with Gasteiger partial charge >= 0.3 is 0 Å². The Morgan fingerprint density at radius 2 is 2.11 bits per heavy atom. The van der Waals surface area contributed by atoms with Crippen LogP contribution in [0.1, 0.15) is 6.92 Å². The SMILES string of the molecule is CC(Sc1ccc(Cl)cc1)C(=O)Nc1cnn(C)c1. The van der Waals surface area contributed by atoms with Crippen LogP contribution in [0, 0.1) is 0 Å². The molecule has 1 unspecified atom stereocenters. The number of carbonyl (C=O) groups excluding carboxylic acids is 1. The van der Waals surface area contributed by atoms with E-state index in [0.29, 0.717) is 10.7 Å². The Labute approximate surface area is 121 Å². The standard InChI is InChI=1S/C13H14ClN3OS/c1-9(19-12-5-3-10(14)4-6-12)13(18)16-11-7-15-17(2)8-11/h3-9H,1-2H3,(H,16,18). The van der Waals surface area contributed by atoms with E-state index in [-0.39, 0.29) is 11.2 Å². The van der Waals surface area contributed by atoms with Gasteiger partial charge in [-0.1, -0.05) is 11.6 Å². The van der Waals surface area contributed by atoms with Crippen LogP contribution in [0.25, 0.3) is 0 Å². The van der Waals surface area contributed by atoms with Crippen LogP contribution in [0.4, 0.5) is 5.69 Å². The highest BCUT2D eigenvalue weighted by Crippen LogP contribution is 2.25. The van der Waals surface area contributed by atoms with Crippen LogP contribution in [0.3, 0.4) is 0 Å². The number of hydrogen-bond donors (Lipinski definition) is 1. The maximum Gasteiger partial charge on any atom is 0.237 e. The van der Waals surface area contributed by atoms with E-state index in [1.54, 1.807) is 17.1 Å². The van der Waals surface area contributed by atoms with E-state index in [0.717, 1.165) is 4.90 Å². The van der Waals surface area contributed by atoms with Crippen LogP contribution in [0.15, 0.2) is 41.6 Å². The number of amides is 1. The maximum absolute atomic E-state index is 12.0. The number of nitrogens with zero attached hydrogens (tertiary/aromatic N) is 2. The summed E-state index contributed by atoms with van der Waals surface area (Å²) in [6.45, 7) is 1.87. The van der Waals surface area contributed by atoms with Gasteiger partial charge in [0, 0.05) is 23.2 Å². The van der Waals surface area contributed by atoms with Gasteiger partial charge in [-0.3, -0.25) is 9.48 Å². The van der Waals surface area contributed by atoms with Gasteiger partial charge in [0.15, 0.2) is 0 Å². The number of thioether (sulfide) groups is 1. The van der Waals surface area contributed by atoms with E-state index >= 15 is 0 Å².